The van der Waals surface area contributed by atoms with Crippen LogP contribution in [0.4, 0.5) is 0 Å². The van der Waals surface area contributed by atoms with Crippen molar-refractivity contribution < 1.29 is 19.4 Å². The molecule has 0 aliphatic carbocycles. The lowest BCUT2D eigenvalue weighted by atomic mass is 10.2. The van der Waals surface area contributed by atoms with Crippen molar-refractivity contribution in [3.8, 4) is 11.5 Å². The number of hydrogen-bond acceptors (Lipinski definition) is 3. The standard InChI is InChI=1S/C9H8O4/c1-5-3-2-4-6-7(5)13-9(12-6)8(10)11/h2-4,9H,1H3,(H,10,11). The van der Waals surface area contributed by atoms with Gasteiger partial charge in [0.1, 0.15) is 0 Å². The Hall–Kier alpha value is -1.71. The van der Waals surface area contributed by atoms with Gasteiger partial charge >= 0.3 is 12.3 Å². The number of ether oxygens (including phenoxy) is 2. The predicted molar refractivity (Wildman–Crippen MR) is 43.9 cm³/mol. The van der Waals surface area contributed by atoms with Crippen LogP contribution in [0.5, 0.6) is 11.5 Å². The molecule has 68 valence electrons. The Morgan fingerprint density at radius 1 is 1.46 bits per heavy atom. The van der Waals surface area contributed by atoms with Gasteiger partial charge in [-0.2, -0.15) is 0 Å². The van der Waals surface area contributed by atoms with Gasteiger partial charge in [-0.15, -0.1) is 0 Å². The minimum Gasteiger partial charge on any atom is -0.476 e. The second-order valence-electron chi connectivity index (χ2n) is 2.81. The first kappa shape index (κ1) is 7.91. The third kappa shape index (κ3) is 1.20. The number of carbonyl (C=O) groups is 1. The van der Waals surface area contributed by atoms with E-state index in [-0.39, 0.29) is 0 Å². The average Bonchev–Trinajstić information content (AvgIpc) is 2.49. The zero-order chi connectivity index (χ0) is 9.42. The van der Waals surface area contributed by atoms with E-state index in [1.54, 1.807) is 12.1 Å². The molecule has 0 radical (unpaired) electrons. The van der Waals surface area contributed by atoms with Crippen LogP contribution < -0.4 is 9.47 Å². The maximum Gasteiger partial charge on any atom is 0.387 e. The molecule has 1 heterocycles. The molecule has 0 fully saturated rings. The molecular formula is C9H8O4. The predicted octanol–water partition coefficient (Wildman–Crippen LogP) is 1.18. The summed E-state index contributed by atoms with van der Waals surface area (Å²) in [6.07, 6.45) is -1.20. The summed E-state index contributed by atoms with van der Waals surface area (Å²) < 4.78 is 10.1. The Kier molecular flexibility index (Phi) is 1.62. The van der Waals surface area contributed by atoms with Crippen molar-refractivity contribution >= 4 is 5.97 Å². The quantitative estimate of drug-likeness (QED) is 0.704. The highest BCUT2D eigenvalue weighted by Gasteiger charge is 2.31. The SMILES string of the molecule is Cc1cccc2c1OC(C(=O)O)O2. The summed E-state index contributed by atoms with van der Waals surface area (Å²) in [5, 5.41) is 8.63. The van der Waals surface area contributed by atoms with Crippen molar-refractivity contribution in [2.75, 3.05) is 0 Å². The lowest BCUT2D eigenvalue weighted by Gasteiger charge is -2.02. The van der Waals surface area contributed by atoms with Gasteiger partial charge in [-0.1, -0.05) is 12.1 Å². The Morgan fingerprint density at radius 2 is 2.23 bits per heavy atom. The molecule has 1 N–H and O–H groups in total. The van der Waals surface area contributed by atoms with E-state index in [0.717, 1.165) is 5.56 Å². The number of aliphatic carboxylic acids is 1. The first-order valence-corrected chi connectivity index (χ1v) is 3.84. The minimum atomic E-state index is -1.20. The largest absolute Gasteiger partial charge is 0.476 e. The molecule has 1 aliphatic rings. The number of para-hydroxylation sites is 1. The Morgan fingerprint density at radius 3 is 2.85 bits per heavy atom. The number of carboxylic acid groups (broad SMARTS) is 1. The minimum absolute atomic E-state index is 0.493. The molecular weight excluding hydrogens is 172 g/mol. The van der Waals surface area contributed by atoms with Gasteiger partial charge in [0.25, 0.3) is 0 Å². The van der Waals surface area contributed by atoms with Gasteiger partial charge in [-0.25, -0.2) is 4.79 Å². The fourth-order valence-corrected chi connectivity index (χ4v) is 1.22. The van der Waals surface area contributed by atoms with E-state index < -0.39 is 12.3 Å². The topological polar surface area (TPSA) is 55.8 Å². The van der Waals surface area contributed by atoms with Crippen LogP contribution >= 0.6 is 0 Å². The highest BCUT2D eigenvalue weighted by Crippen LogP contribution is 2.37. The van der Waals surface area contributed by atoms with Crippen molar-refractivity contribution in [1.82, 2.24) is 0 Å². The van der Waals surface area contributed by atoms with Crippen LogP contribution in [-0.2, 0) is 4.79 Å². The van der Waals surface area contributed by atoms with E-state index in [1.165, 1.54) is 0 Å². The van der Waals surface area contributed by atoms with Gasteiger partial charge in [-0.3, -0.25) is 0 Å². The van der Waals surface area contributed by atoms with E-state index in [1.807, 2.05) is 13.0 Å². The molecule has 0 aromatic heterocycles. The molecule has 0 spiro atoms. The maximum atomic E-state index is 10.5. The molecule has 1 atom stereocenters. The summed E-state index contributed by atoms with van der Waals surface area (Å²) in [7, 11) is 0. The van der Waals surface area contributed by atoms with Crippen molar-refractivity contribution in [3.05, 3.63) is 23.8 Å². The van der Waals surface area contributed by atoms with Crippen molar-refractivity contribution in [1.29, 1.82) is 0 Å². The third-order valence-corrected chi connectivity index (χ3v) is 1.84. The van der Waals surface area contributed by atoms with Gasteiger partial charge < -0.3 is 14.6 Å². The van der Waals surface area contributed by atoms with E-state index in [0.29, 0.717) is 11.5 Å². The van der Waals surface area contributed by atoms with Gasteiger partial charge in [0.2, 0.25) is 0 Å². The molecule has 0 saturated carbocycles. The zero-order valence-electron chi connectivity index (χ0n) is 6.98. The summed E-state index contributed by atoms with van der Waals surface area (Å²) in [5.74, 6) is -0.0992. The van der Waals surface area contributed by atoms with Crippen LogP contribution in [0, 0.1) is 6.92 Å². The average molecular weight is 180 g/mol. The molecule has 0 amide bonds. The van der Waals surface area contributed by atoms with Crippen LogP contribution in [0.3, 0.4) is 0 Å². The number of benzene rings is 1. The summed E-state index contributed by atoms with van der Waals surface area (Å²) in [4.78, 5) is 10.5. The number of carboxylic acids is 1. The molecule has 0 bridgehead atoms. The van der Waals surface area contributed by atoms with E-state index in [4.69, 9.17) is 14.6 Å². The summed E-state index contributed by atoms with van der Waals surface area (Å²) in [5.41, 5.74) is 0.876. The Bertz CT molecular complexity index is 359. The van der Waals surface area contributed by atoms with Gasteiger partial charge in [0, 0.05) is 0 Å². The monoisotopic (exact) mass is 180 g/mol. The molecule has 4 nitrogen and oxygen atoms in total. The summed E-state index contributed by atoms with van der Waals surface area (Å²) in [6.45, 7) is 1.84. The maximum absolute atomic E-state index is 10.5. The second-order valence-corrected chi connectivity index (χ2v) is 2.81. The third-order valence-electron chi connectivity index (χ3n) is 1.84. The van der Waals surface area contributed by atoms with Crippen molar-refractivity contribution in [2.24, 2.45) is 0 Å². The molecule has 4 heteroatoms. The van der Waals surface area contributed by atoms with Crippen LogP contribution in [0.25, 0.3) is 0 Å². The van der Waals surface area contributed by atoms with Crippen LogP contribution in [0.2, 0.25) is 0 Å². The first-order valence-electron chi connectivity index (χ1n) is 3.84. The number of aryl methyl sites for hydroxylation is 1. The first-order chi connectivity index (χ1) is 6.18. The van der Waals surface area contributed by atoms with Gasteiger partial charge in [-0.05, 0) is 18.6 Å². The van der Waals surface area contributed by atoms with Gasteiger partial charge in [0.15, 0.2) is 11.5 Å². The molecule has 13 heavy (non-hydrogen) atoms. The van der Waals surface area contributed by atoms with Crippen LogP contribution in [0.1, 0.15) is 5.56 Å². The highest BCUT2D eigenvalue weighted by atomic mass is 16.7. The van der Waals surface area contributed by atoms with Crippen LogP contribution in [0.15, 0.2) is 18.2 Å². The fourth-order valence-electron chi connectivity index (χ4n) is 1.22. The lowest BCUT2D eigenvalue weighted by molar-refractivity contribution is -0.154. The highest BCUT2D eigenvalue weighted by molar-refractivity contribution is 5.73. The Balaban J connectivity index is 2.35. The van der Waals surface area contributed by atoms with Crippen molar-refractivity contribution in [2.45, 2.75) is 13.2 Å². The molecule has 1 aromatic rings. The summed E-state index contributed by atoms with van der Waals surface area (Å²) in [6, 6.07) is 5.32. The molecule has 1 aromatic carbocycles. The smallest absolute Gasteiger partial charge is 0.387 e. The fraction of sp³-hybridized carbons (Fsp3) is 0.222. The van der Waals surface area contributed by atoms with Gasteiger partial charge in [0.05, 0.1) is 0 Å². The normalized spacial score (nSPS) is 18.7. The van der Waals surface area contributed by atoms with E-state index in [9.17, 15) is 4.79 Å². The van der Waals surface area contributed by atoms with Crippen molar-refractivity contribution in [3.63, 3.8) is 0 Å². The van der Waals surface area contributed by atoms with E-state index in [2.05, 4.69) is 0 Å². The molecule has 1 unspecified atom stereocenters. The zero-order valence-corrected chi connectivity index (χ0v) is 6.98. The lowest BCUT2D eigenvalue weighted by Crippen LogP contribution is -2.28. The van der Waals surface area contributed by atoms with E-state index >= 15 is 0 Å². The number of hydrogen-bond donors (Lipinski definition) is 1. The number of rotatable bonds is 1. The van der Waals surface area contributed by atoms with Crippen LogP contribution in [-0.4, -0.2) is 17.4 Å². The Labute approximate surface area is 74.7 Å². The molecule has 1 aliphatic heterocycles. The number of fused-ring (bicyclic) bond motifs is 1. The molecule has 2 rings (SSSR count). The second kappa shape index (κ2) is 2.65. The molecule has 0 saturated heterocycles. The summed E-state index contributed by atoms with van der Waals surface area (Å²) >= 11 is 0.